The molecule has 1 amide bonds. The lowest BCUT2D eigenvalue weighted by atomic mass is 10.0. The maximum absolute atomic E-state index is 12.1. The van der Waals surface area contributed by atoms with Gasteiger partial charge in [-0.25, -0.2) is 4.79 Å². The van der Waals surface area contributed by atoms with Crippen LogP contribution in [0.1, 0.15) is 29.8 Å². The van der Waals surface area contributed by atoms with Crippen LogP contribution in [0.2, 0.25) is 5.02 Å². The van der Waals surface area contributed by atoms with Crippen LogP contribution in [0.25, 0.3) is 0 Å². The average molecular weight is 442 g/mol. The van der Waals surface area contributed by atoms with Gasteiger partial charge in [0, 0.05) is 22.3 Å². The number of hydrogen-bond acceptors (Lipinski definition) is 5. The Balaban J connectivity index is 0.000000225. The molecule has 0 spiro atoms. The predicted octanol–water partition coefficient (Wildman–Crippen LogP) is 5.93. The zero-order valence-electron chi connectivity index (χ0n) is 17.5. The summed E-state index contributed by atoms with van der Waals surface area (Å²) in [5.41, 5.74) is 1.45. The molecule has 162 valence electrons. The van der Waals surface area contributed by atoms with E-state index in [-0.39, 0.29) is 23.2 Å². The van der Waals surface area contributed by atoms with E-state index in [0.29, 0.717) is 22.0 Å². The second-order valence-corrected chi connectivity index (χ2v) is 7.10. The molecule has 0 saturated heterocycles. The second-order valence-electron chi connectivity index (χ2n) is 6.67. The summed E-state index contributed by atoms with van der Waals surface area (Å²) in [6.45, 7) is 3.58. The van der Waals surface area contributed by atoms with Crippen molar-refractivity contribution in [1.29, 1.82) is 0 Å². The van der Waals surface area contributed by atoms with Gasteiger partial charge in [0.25, 0.3) is 0 Å². The predicted molar refractivity (Wildman–Crippen MR) is 121 cm³/mol. The standard InChI is InChI=1S/C14H12O3.C10H12ClNO2/c1-17-11-7-8-12(13(15)9-11)14(16)10-5-3-2-4-6-10;1-7(2)14-10(13)12-9-5-3-4-8(11)6-9/h2-9,15H,1H3;3-7H,1-2H3,(H,12,13). The van der Waals surface area contributed by atoms with E-state index in [1.807, 2.05) is 6.07 Å². The first-order valence-corrected chi connectivity index (χ1v) is 9.88. The molecule has 0 saturated carbocycles. The van der Waals surface area contributed by atoms with Gasteiger partial charge in [-0.05, 0) is 44.2 Å². The maximum Gasteiger partial charge on any atom is 0.411 e. The molecule has 0 aliphatic heterocycles. The highest BCUT2D eigenvalue weighted by Gasteiger charge is 2.13. The Kier molecular flexibility index (Phi) is 8.91. The van der Waals surface area contributed by atoms with Crippen LogP contribution >= 0.6 is 11.6 Å². The van der Waals surface area contributed by atoms with E-state index in [9.17, 15) is 14.7 Å². The van der Waals surface area contributed by atoms with E-state index in [2.05, 4.69) is 5.32 Å². The monoisotopic (exact) mass is 441 g/mol. The molecule has 0 fully saturated rings. The van der Waals surface area contributed by atoms with E-state index in [1.165, 1.54) is 13.2 Å². The normalized spacial score (nSPS) is 9.97. The molecule has 0 aliphatic carbocycles. The molecule has 0 heterocycles. The SMILES string of the molecule is CC(C)OC(=O)Nc1cccc(Cl)c1.COc1ccc(C(=O)c2ccccc2)c(O)c1. The summed E-state index contributed by atoms with van der Waals surface area (Å²) in [5, 5.41) is 12.9. The first-order chi connectivity index (χ1) is 14.8. The zero-order valence-corrected chi connectivity index (χ0v) is 18.2. The van der Waals surface area contributed by atoms with Gasteiger partial charge in [-0.15, -0.1) is 0 Å². The Labute approximate surface area is 186 Å². The number of benzene rings is 3. The van der Waals surface area contributed by atoms with Gasteiger partial charge in [0.15, 0.2) is 5.78 Å². The van der Waals surface area contributed by atoms with Crippen LogP contribution in [0.5, 0.6) is 11.5 Å². The van der Waals surface area contributed by atoms with Gasteiger partial charge >= 0.3 is 6.09 Å². The van der Waals surface area contributed by atoms with Crippen molar-refractivity contribution in [2.45, 2.75) is 20.0 Å². The summed E-state index contributed by atoms with van der Waals surface area (Å²) in [5.74, 6) is 0.246. The number of methoxy groups -OCH3 is 1. The molecule has 0 aliphatic rings. The number of aromatic hydroxyl groups is 1. The van der Waals surface area contributed by atoms with Gasteiger partial charge in [0.05, 0.1) is 18.8 Å². The molecule has 0 atom stereocenters. The lowest BCUT2D eigenvalue weighted by Gasteiger charge is -2.09. The van der Waals surface area contributed by atoms with Crippen LogP contribution in [-0.4, -0.2) is 30.2 Å². The van der Waals surface area contributed by atoms with Gasteiger partial charge in [0.1, 0.15) is 11.5 Å². The highest BCUT2D eigenvalue weighted by Crippen LogP contribution is 2.25. The molecular weight excluding hydrogens is 418 g/mol. The van der Waals surface area contributed by atoms with E-state index in [0.717, 1.165) is 0 Å². The fourth-order valence-corrected chi connectivity index (χ4v) is 2.69. The number of carbonyl (C=O) groups excluding carboxylic acids is 2. The van der Waals surface area contributed by atoms with Crippen molar-refractivity contribution < 1.29 is 24.2 Å². The number of ketones is 1. The number of ether oxygens (including phenoxy) is 2. The average Bonchev–Trinajstić information content (AvgIpc) is 2.73. The number of carbonyl (C=O) groups is 2. The molecule has 7 heteroatoms. The fraction of sp³-hybridized carbons (Fsp3) is 0.167. The minimum Gasteiger partial charge on any atom is -0.507 e. The second kappa shape index (κ2) is 11.6. The summed E-state index contributed by atoms with van der Waals surface area (Å²) < 4.78 is 9.87. The van der Waals surface area contributed by atoms with Crippen molar-refractivity contribution in [3.63, 3.8) is 0 Å². The zero-order chi connectivity index (χ0) is 22.8. The van der Waals surface area contributed by atoms with Gasteiger partial charge in [0.2, 0.25) is 0 Å². The van der Waals surface area contributed by atoms with Crippen molar-refractivity contribution in [2.75, 3.05) is 12.4 Å². The summed E-state index contributed by atoms with van der Waals surface area (Å²) in [6.07, 6.45) is -0.601. The number of amides is 1. The highest BCUT2D eigenvalue weighted by molar-refractivity contribution is 6.30. The van der Waals surface area contributed by atoms with E-state index in [1.54, 1.807) is 74.5 Å². The lowest BCUT2D eigenvalue weighted by Crippen LogP contribution is -2.17. The van der Waals surface area contributed by atoms with Gasteiger partial charge in [-0.3, -0.25) is 10.1 Å². The van der Waals surface area contributed by atoms with Gasteiger partial charge in [-0.2, -0.15) is 0 Å². The van der Waals surface area contributed by atoms with Crippen molar-refractivity contribution in [2.24, 2.45) is 0 Å². The number of anilines is 1. The fourth-order valence-electron chi connectivity index (χ4n) is 2.50. The minimum absolute atomic E-state index is 0.0711. The van der Waals surface area contributed by atoms with Crippen LogP contribution in [0, 0.1) is 0 Å². The Morgan fingerprint density at radius 3 is 2.26 bits per heavy atom. The maximum atomic E-state index is 12.1. The van der Waals surface area contributed by atoms with Crippen molar-refractivity contribution in [1.82, 2.24) is 0 Å². The van der Waals surface area contributed by atoms with Crippen LogP contribution in [0.4, 0.5) is 10.5 Å². The number of phenols is 1. The Morgan fingerprint density at radius 2 is 1.68 bits per heavy atom. The summed E-state index contributed by atoms with van der Waals surface area (Å²) in [6, 6.07) is 20.4. The molecule has 3 aromatic carbocycles. The Morgan fingerprint density at radius 1 is 0.968 bits per heavy atom. The molecule has 3 aromatic rings. The van der Waals surface area contributed by atoms with Gasteiger partial charge < -0.3 is 14.6 Å². The van der Waals surface area contributed by atoms with Crippen LogP contribution in [-0.2, 0) is 4.74 Å². The molecule has 0 bridgehead atoms. The number of halogens is 1. The molecule has 3 rings (SSSR count). The van der Waals surface area contributed by atoms with Crippen LogP contribution < -0.4 is 10.1 Å². The van der Waals surface area contributed by atoms with Crippen molar-refractivity contribution >= 4 is 29.2 Å². The topological polar surface area (TPSA) is 84.9 Å². The lowest BCUT2D eigenvalue weighted by molar-refractivity contribution is 0.103. The summed E-state index contributed by atoms with van der Waals surface area (Å²) in [4.78, 5) is 23.2. The van der Waals surface area contributed by atoms with Crippen LogP contribution in [0.3, 0.4) is 0 Å². The molecule has 0 aromatic heterocycles. The van der Waals surface area contributed by atoms with E-state index >= 15 is 0 Å². The highest BCUT2D eigenvalue weighted by atomic mass is 35.5. The third-order valence-corrected chi connectivity index (χ3v) is 4.13. The molecule has 2 N–H and O–H groups in total. The smallest absolute Gasteiger partial charge is 0.411 e. The number of phenolic OH excluding ortho intramolecular Hbond substituents is 1. The molecule has 31 heavy (non-hydrogen) atoms. The van der Waals surface area contributed by atoms with Crippen molar-refractivity contribution in [3.8, 4) is 11.5 Å². The number of rotatable bonds is 5. The first kappa shape index (κ1) is 23.8. The van der Waals surface area contributed by atoms with Crippen molar-refractivity contribution in [3.05, 3.63) is 88.9 Å². The quantitative estimate of drug-likeness (QED) is 0.479. The van der Waals surface area contributed by atoms with Gasteiger partial charge in [-0.1, -0.05) is 48.0 Å². The first-order valence-electron chi connectivity index (χ1n) is 9.50. The number of nitrogens with one attached hydrogen (secondary N) is 1. The third-order valence-electron chi connectivity index (χ3n) is 3.90. The molecule has 0 radical (unpaired) electrons. The third kappa shape index (κ3) is 7.68. The Bertz CT molecular complexity index is 1020. The summed E-state index contributed by atoms with van der Waals surface area (Å²) >= 11 is 5.74. The molecule has 6 nitrogen and oxygen atoms in total. The minimum atomic E-state index is -0.470. The number of hydrogen-bond donors (Lipinski definition) is 2. The largest absolute Gasteiger partial charge is 0.507 e. The van der Waals surface area contributed by atoms with Crippen LogP contribution in [0.15, 0.2) is 72.8 Å². The summed E-state index contributed by atoms with van der Waals surface area (Å²) in [7, 11) is 1.51. The van der Waals surface area contributed by atoms with E-state index in [4.69, 9.17) is 21.1 Å². The molecular formula is C24H24ClNO5. The Hall–Kier alpha value is -3.51. The molecule has 0 unspecified atom stereocenters. The van der Waals surface area contributed by atoms with E-state index < -0.39 is 6.09 Å².